The third-order valence-corrected chi connectivity index (χ3v) is 4.47. The highest BCUT2D eigenvalue weighted by Crippen LogP contribution is 2.34. The fourth-order valence-corrected chi connectivity index (χ4v) is 3.09. The smallest absolute Gasteiger partial charge is 0.341 e. The van der Waals surface area contributed by atoms with Gasteiger partial charge in [-0.15, -0.1) is 6.58 Å². The maximum Gasteiger partial charge on any atom is 0.341 e. The Morgan fingerprint density at radius 1 is 1.31 bits per heavy atom. The average Bonchev–Trinajstić information content (AvgIpc) is 3.26. The zero-order valence-corrected chi connectivity index (χ0v) is 17.1. The van der Waals surface area contributed by atoms with Gasteiger partial charge in [-0.05, 0) is 42.3 Å². The number of nitrogens with one attached hydrogen (secondary N) is 1. The van der Waals surface area contributed by atoms with Crippen LogP contribution in [0.5, 0.6) is 11.5 Å². The van der Waals surface area contributed by atoms with Crippen LogP contribution in [0.2, 0.25) is 0 Å². The maximum atomic E-state index is 12.9. The Labute approximate surface area is 182 Å². The van der Waals surface area contributed by atoms with Gasteiger partial charge < -0.3 is 19.0 Å². The van der Waals surface area contributed by atoms with E-state index in [2.05, 4.69) is 11.9 Å². The highest BCUT2D eigenvalue weighted by Gasteiger charge is 2.36. The Balaban J connectivity index is 1.99. The number of carboxylic acids is 1. The first-order valence-corrected chi connectivity index (χ1v) is 9.41. The Morgan fingerprint density at radius 2 is 2.09 bits per heavy atom. The molecule has 1 fully saturated rings. The van der Waals surface area contributed by atoms with Gasteiger partial charge in [0, 0.05) is 5.56 Å². The van der Waals surface area contributed by atoms with E-state index in [0.29, 0.717) is 23.3 Å². The van der Waals surface area contributed by atoms with Gasteiger partial charge in [0.2, 0.25) is 0 Å². The van der Waals surface area contributed by atoms with Crippen LogP contribution in [0.25, 0.3) is 6.08 Å². The van der Waals surface area contributed by atoms with Crippen LogP contribution in [0.3, 0.4) is 0 Å². The Hall–Kier alpha value is -4.34. The topological polar surface area (TPSA) is 135 Å². The van der Waals surface area contributed by atoms with Gasteiger partial charge in [0.05, 0.1) is 19.9 Å². The first kappa shape index (κ1) is 22.3. The fourth-order valence-electron chi connectivity index (χ4n) is 3.09. The van der Waals surface area contributed by atoms with Crippen molar-refractivity contribution in [1.82, 2.24) is 10.2 Å². The lowest BCUT2D eigenvalue weighted by molar-refractivity contribution is -0.139. The average molecular weight is 440 g/mol. The molecule has 3 rings (SSSR count). The zero-order valence-electron chi connectivity index (χ0n) is 17.1. The number of allylic oxidation sites excluding steroid dienone is 1. The van der Waals surface area contributed by atoms with Crippen LogP contribution >= 0.6 is 0 Å². The van der Waals surface area contributed by atoms with E-state index < -0.39 is 30.4 Å². The van der Waals surface area contributed by atoms with Crippen molar-refractivity contribution in [1.29, 1.82) is 0 Å². The molecule has 166 valence electrons. The van der Waals surface area contributed by atoms with Crippen LogP contribution in [-0.2, 0) is 27.3 Å². The number of furan rings is 1. The number of urea groups is 1. The van der Waals surface area contributed by atoms with Gasteiger partial charge in [0.15, 0.2) is 18.1 Å². The second-order valence-corrected chi connectivity index (χ2v) is 6.67. The zero-order chi connectivity index (χ0) is 23.3. The van der Waals surface area contributed by atoms with Crippen molar-refractivity contribution in [3.63, 3.8) is 0 Å². The largest absolute Gasteiger partial charge is 0.493 e. The molecule has 1 saturated heterocycles. The number of carbonyl (C=O) groups is 4. The Bertz CT molecular complexity index is 1100. The fraction of sp³-hybridized carbons (Fsp3) is 0.182. The van der Waals surface area contributed by atoms with Crippen molar-refractivity contribution >= 4 is 29.9 Å². The number of carbonyl (C=O) groups excluding carboxylic acids is 3. The summed E-state index contributed by atoms with van der Waals surface area (Å²) < 4.78 is 15.8. The summed E-state index contributed by atoms with van der Waals surface area (Å²) >= 11 is 0. The number of aliphatic carboxylic acids is 1. The lowest BCUT2D eigenvalue weighted by atomic mass is 10.0. The molecule has 0 unspecified atom stereocenters. The molecule has 10 heteroatoms. The van der Waals surface area contributed by atoms with Crippen molar-refractivity contribution in [2.24, 2.45) is 0 Å². The minimum absolute atomic E-state index is 0.144. The molecule has 0 atom stereocenters. The molecule has 2 aromatic rings. The van der Waals surface area contributed by atoms with E-state index >= 15 is 0 Å². The van der Waals surface area contributed by atoms with Gasteiger partial charge in [-0.25, -0.2) is 9.59 Å². The first-order valence-electron chi connectivity index (χ1n) is 9.41. The predicted octanol–water partition coefficient (Wildman–Crippen LogP) is 2.14. The molecular weight excluding hydrogens is 420 g/mol. The molecule has 1 aliphatic rings. The lowest BCUT2D eigenvalue weighted by Gasteiger charge is -2.25. The Kier molecular flexibility index (Phi) is 6.74. The summed E-state index contributed by atoms with van der Waals surface area (Å²) in [7, 11) is 1.37. The number of carboxylic acid groups (broad SMARTS) is 1. The Morgan fingerprint density at radius 3 is 2.72 bits per heavy atom. The lowest BCUT2D eigenvalue weighted by Crippen LogP contribution is -2.53. The second-order valence-electron chi connectivity index (χ2n) is 6.67. The molecule has 10 nitrogen and oxygen atoms in total. The minimum atomic E-state index is -1.16. The molecule has 32 heavy (non-hydrogen) atoms. The van der Waals surface area contributed by atoms with E-state index in [0.717, 1.165) is 4.90 Å². The quantitative estimate of drug-likeness (QED) is 0.344. The summed E-state index contributed by atoms with van der Waals surface area (Å²) in [5.74, 6) is -1.99. The standard InChI is InChI=1S/C22H20N2O8/c1-3-5-14-8-13(10-17(30-2)19(14)32-12-18(25)26)9-16-20(27)23-22(29)24(21(16)28)11-15-6-4-7-31-15/h3-4,6-10H,1,5,11-12H2,2H3,(H,25,26)(H,23,27,29). The number of hydrogen-bond acceptors (Lipinski definition) is 7. The summed E-state index contributed by atoms with van der Waals surface area (Å²) in [5, 5.41) is 11.0. The van der Waals surface area contributed by atoms with Gasteiger partial charge >= 0.3 is 12.0 Å². The molecular formula is C22H20N2O8. The number of amides is 4. The number of barbiturate groups is 1. The molecule has 0 bridgehead atoms. The number of rotatable bonds is 9. The van der Waals surface area contributed by atoms with Crippen molar-refractivity contribution in [3.8, 4) is 11.5 Å². The van der Waals surface area contributed by atoms with E-state index in [1.807, 2.05) is 0 Å². The predicted molar refractivity (Wildman–Crippen MR) is 111 cm³/mol. The van der Waals surface area contributed by atoms with Crippen LogP contribution in [0, 0.1) is 0 Å². The molecule has 0 aliphatic carbocycles. The number of methoxy groups -OCH3 is 1. The molecule has 0 radical (unpaired) electrons. The van der Waals surface area contributed by atoms with E-state index in [9.17, 15) is 19.2 Å². The third-order valence-electron chi connectivity index (χ3n) is 4.47. The highest BCUT2D eigenvalue weighted by atomic mass is 16.5. The van der Waals surface area contributed by atoms with Crippen LogP contribution in [0.15, 0.2) is 53.2 Å². The normalized spacial score (nSPS) is 15.0. The van der Waals surface area contributed by atoms with Gasteiger partial charge in [-0.2, -0.15) is 0 Å². The molecule has 1 aliphatic heterocycles. The summed E-state index contributed by atoms with van der Waals surface area (Å²) in [4.78, 5) is 49.2. The van der Waals surface area contributed by atoms with Crippen molar-refractivity contribution in [3.05, 3.63) is 65.6 Å². The summed E-state index contributed by atoms with van der Waals surface area (Å²) in [6.45, 7) is 2.95. The van der Waals surface area contributed by atoms with Crippen molar-refractivity contribution in [2.45, 2.75) is 13.0 Å². The van der Waals surface area contributed by atoms with E-state index in [4.69, 9.17) is 19.0 Å². The van der Waals surface area contributed by atoms with Gasteiger partial charge in [0.1, 0.15) is 11.3 Å². The van der Waals surface area contributed by atoms with Gasteiger partial charge in [-0.3, -0.25) is 19.8 Å². The van der Waals surface area contributed by atoms with Gasteiger partial charge in [-0.1, -0.05) is 6.08 Å². The highest BCUT2D eigenvalue weighted by molar-refractivity contribution is 6.30. The number of nitrogens with zero attached hydrogens (tertiary/aromatic N) is 1. The van der Waals surface area contributed by atoms with Crippen LogP contribution in [0.1, 0.15) is 16.9 Å². The number of benzene rings is 1. The third kappa shape index (κ3) is 4.86. The van der Waals surface area contributed by atoms with Crippen molar-refractivity contribution < 1.29 is 38.2 Å². The summed E-state index contributed by atoms with van der Waals surface area (Å²) in [5.41, 5.74) is 0.689. The van der Waals surface area contributed by atoms with Gasteiger partial charge in [0.25, 0.3) is 11.8 Å². The minimum Gasteiger partial charge on any atom is -0.493 e. The van der Waals surface area contributed by atoms with Crippen molar-refractivity contribution in [2.75, 3.05) is 13.7 Å². The SMILES string of the molecule is C=CCc1cc(C=C2C(=O)NC(=O)N(Cc3ccco3)C2=O)cc(OC)c1OCC(=O)O. The number of ether oxygens (including phenoxy) is 2. The monoisotopic (exact) mass is 440 g/mol. The molecule has 0 saturated carbocycles. The van der Waals surface area contributed by atoms with Crippen LogP contribution < -0.4 is 14.8 Å². The van der Waals surface area contributed by atoms with Crippen LogP contribution in [-0.4, -0.2) is 47.5 Å². The molecule has 0 spiro atoms. The van der Waals surface area contributed by atoms with E-state index in [-0.39, 0.29) is 23.6 Å². The molecule has 2 heterocycles. The molecule has 2 N–H and O–H groups in total. The van der Waals surface area contributed by atoms with E-state index in [1.165, 1.54) is 25.5 Å². The number of hydrogen-bond donors (Lipinski definition) is 2. The maximum absolute atomic E-state index is 12.9. The van der Waals surface area contributed by atoms with Crippen LogP contribution in [0.4, 0.5) is 4.79 Å². The first-order chi connectivity index (χ1) is 15.3. The van der Waals surface area contributed by atoms with E-state index in [1.54, 1.807) is 24.3 Å². The summed E-state index contributed by atoms with van der Waals surface area (Å²) in [6, 6.07) is 5.47. The molecule has 1 aromatic carbocycles. The molecule has 1 aromatic heterocycles. The summed E-state index contributed by atoms with van der Waals surface area (Å²) in [6.07, 6.45) is 4.62. The molecule has 4 amide bonds. The second kappa shape index (κ2) is 9.65. The number of imide groups is 2.